The summed E-state index contributed by atoms with van der Waals surface area (Å²) in [7, 11) is 0. The molecule has 0 fully saturated rings. The van der Waals surface area contributed by atoms with Gasteiger partial charge in [-0.05, 0) is 32.9 Å². The average Bonchev–Trinajstić information content (AvgIpc) is 2.64. The highest BCUT2D eigenvalue weighted by Gasteiger charge is 2.19. The Morgan fingerprint density at radius 2 is 2.15 bits per heavy atom. The minimum absolute atomic E-state index is 0.0248. The summed E-state index contributed by atoms with van der Waals surface area (Å²) in [6, 6.07) is 3.45. The molecule has 0 atom stereocenters. The molecule has 0 aliphatic carbocycles. The number of rotatable bonds is 3. The van der Waals surface area contributed by atoms with Crippen molar-refractivity contribution in [1.82, 2.24) is 9.55 Å². The highest BCUT2D eigenvalue weighted by Crippen LogP contribution is 2.22. The second-order valence-electron chi connectivity index (χ2n) is 5.53. The molecule has 2 aromatic rings. The molecule has 0 aliphatic rings. The zero-order valence-corrected chi connectivity index (χ0v) is 12.4. The smallest absolute Gasteiger partial charge is 0.326 e. The summed E-state index contributed by atoms with van der Waals surface area (Å²) in [4.78, 5) is 15.9. The molecule has 0 spiro atoms. The average molecular weight is 297 g/mol. The number of hydrogen-bond donors (Lipinski definition) is 1. The zero-order valence-electron chi connectivity index (χ0n) is 11.7. The zero-order chi connectivity index (χ0) is 14.9. The lowest BCUT2D eigenvalue weighted by atomic mass is 10.2. The molecule has 108 valence electrons. The van der Waals surface area contributed by atoms with E-state index < -0.39 is 5.60 Å². The first-order chi connectivity index (χ1) is 9.30. The van der Waals surface area contributed by atoms with Gasteiger partial charge in [-0.15, -0.1) is 0 Å². The SMILES string of the molecule is CC(C)(C)OC(=O)Cn1c(CO)cc2cnc(Cl)cc21. The van der Waals surface area contributed by atoms with Gasteiger partial charge in [0.05, 0.1) is 12.1 Å². The Labute approximate surface area is 122 Å². The molecule has 0 radical (unpaired) electrons. The van der Waals surface area contributed by atoms with Crippen molar-refractivity contribution >= 4 is 28.5 Å². The van der Waals surface area contributed by atoms with Crippen molar-refractivity contribution < 1.29 is 14.6 Å². The third-order valence-electron chi connectivity index (χ3n) is 2.71. The lowest BCUT2D eigenvalue weighted by Crippen LogP contribution is -2.27. The van der Waals surface area contributed by atoms with Crippen molar-refractivity contribution in [1.29, 1.82) is 0 Å². The molecule has 0 aliphatic heterocycles. The summed E-state index contributed by atoms with van der Waals surface area (Å²) < 4.78 is 6.99. The van der Waals surface area contributed by atoms with Crippen LogP contribution in [0.3, 0.4) is 0 Å². The molecule has 20 heavy (non-hydrogen) atoms. The van der Waals surface area contributed by atoms with Gasteiger partial charge in [0.25, 0.3) is 0 Å². The predicted octanol–water partition coefficient (Wildman–Crippen LogP) is 2.52. The first-order valence-corrected chi connectivity index (χ1v) is 6.64. The van der Waals surface area contributed by atoms with E-state index in [1.54, 1.807) is 22.9 Å². The number of esters is 1. The van der Waals surface area contributed by atoms with Crippen LogP contribution in [0, 0.1) is 0 Å². The van der Waals surface area contributed by atoms with Gasteiger partial charge in [-0.25, -0.2) is 4.98 Å². The van der Waals surface area contributed by atoms with Crippen molar-refractivity contribution in [3.8, 4) is 0 Å². The van der Waals surface area contributed by atoms with Gasteiger partial charge in [0.15, 0.2) is 0 Å². The quantitative estimate of drug-likeness (QED) is 0.698. The summed E-state index contributed by atoms with van der Waals surface area (Å²) in [6.45, 7) is 5.29. The fourth-order valence-electron chi connectivity index (χ4n) is 2.01. The van der Waals surface area contributed by atoms with Crippen LogP contribution in [0.15, 0.2) is 18.3 Å². The van der Waals surface area contributed by atoms with E-state index >= 15 is 0 Å². The molecule has 1 N–H and O–H groups in total. The maximum Gasteiger partial charge on any atom is 0.326 e. The molecular formula is C14H17ClN2O3. The summed E-state index contributed by atoms with van der Waals surface area (Å²) in [5.41, 5.74) is 0.827. The highest BCUT2D eigenvalue weighted by molar-refractivity contribution is 6.30. The maximum atomic E-state index is 11.9. The van der Waals surface area contributed by atoms with Crippen LogP contribution in [0.25, 0.3) is 10.9 Å². The minimum atomic E-state index is -0.543. The third kappa shape index (κ3) is 3.29. The van der Waals surface area contributed by atoms with Crippen LogP contribution in [0.4, 0.5) is 0 Å². The Bertz CT molecular complexity index is 644. The van der Waals surface area contributed by atoms with Crippen LogP contribution >= 0.6 is 11.6 Å². The number of carbonyl (C=O) groups excluding carboxylic acids is 1. The fourth-order valence-corrected chi connectivity index (χ4v) is 2.16. The van der Waals surface area contributed by atoms with Gasteiger partial charge in [-0.2, -0.15) is 0 Å². The van der Waals surface area contributed by atoms with E-state index in [4.69, 9.17) is 16.3 Å². The number of fused-ring (bicyclic) bond motifs is 1. The lowest BCUT2D eigenvalue weighted by molar-refractivity contribution is -0.155. The van der Waals surface area contributed by atoms with Crippen molar-refractivity contribution in [3.05, 3.63) is 29.2 Å². The van der Waals surface area contributed by atoms with Crippen LogP contribution in [-0.4, -0.2) is 26.2 Å². The standard InChI is InChI=1S/C14H17ClN2O3/c1-14(2,3)20-13(19)7-17-10(8-18)4-9-6-16-12(15)5-11(9)17/h4-6,18H,7-8H2,1-3H3. The molecule has 2 rings (SSSR count). The van der Waals surface area contributed by atoms with Gasteiger partial charge in [-0.1, -0.05) is 11.6 Å². The summed E-state index contributed by atoms with van der Waals surface area (Å²) in [5.74, 6) is -0.363. The van der Waals surface area contributed by atoms with Crippen LogP contribution < -0.4 is 0 Å². The summed E-state index contributed by atoms with van der Waals surface area (Å²) >= 11 is 5.88. The Morgan fingerprint density at radius 3 is 2.75 bits per heavy atom. The van der Waals surface area contributed by atoms with Gasteiger partial charge in [0.2, 0.25) is 0 Å². The minimum Gasteiger partial charge on any atom is -0.459 e. The van der Waals surface area contributed by atoms with E-state index in [0.29, 0.717) is 10.8 Å². The van der Waals surface area contributed by atoms with Gasteiger partial charge >= 0.3 is 5.97 Å². The number of aliphatic hydroxyl groups excluding tert-OH is 1. The van der Waals surface area contributed by atoms with Gasteiger partial charge in [0.1, 0.15) is 17.3 Å². The van der Waals surface area contributed by atoms with Crippen molar-refractivity contribution in [3.63, 3.8) is 0 Å². The van der Waals surface area contributed by atoms with Crippen LogP contribution in [0.1, 0.15) is 26.5 Å². The molecule has 0 saturated heterocycles. The molecule has 5 nitrogen and oxygen atoms in total. The van der Waals surface area contributed by atoms with Crippen molar-refractivity contribution in [2.45, 2.75) is 39.5 Å². The molecule has 0 unspecified atom stereocenters. The number of pyridine rings is 1. The molecule has 0 aromatic carbocycles. The largest absolute Gasteiger partial charge is 0.459 e. The Morgan fingerprint density at radius 1 is 1.45 bits per heavy atom. The topological polar surface area (TPSA) is 64.3 Å². The normalized spacial score (nSPS) is 11.8. The van der Waals surface area contributed by atoms with E-state index in [2.05, 4.69) is 4.98 Å². The Hall–Kier alpha value is -1.59. The van der Waals surface area contributed by atoms with Crippen LogP contribution in [-0.2, 0) is 22.7 Å². The van der Waals surface area contributed by atoms with Crippen molar-refractivity contribution in [2.24, 2.45) is 0 Å². The van der Waals surface area contributed by atoms with E-state index in [9.17, 15) is 9.90 Å². The molecule has 2 aromatic heterocycles. The number of aliphatic hydroxyl groups is 1. The maximum absolute atomic E-state index is 11.9. The summed E-state index contributed by atoms with van der Waals surface area (Å²) in [6.07, 6.45) is 1.61. The van der Waals surface area contributed by atoms with Gasteiger partial charge in [-0.3, -0.25) is 4.79 Å². The number of carbonyl (C=O) groups is 1. The van der Waals surface area contributed by atoms with Gasteiger partial charge < -0.3 is 14.4 Å². The number of hydrogen-bond acceptors (Lipinski definition) is 4. The van der Waals surface area contributed by atoms with E-state index in [1.165, 1.54) is 0 Å². The van der Waals surface area contributed by atoms with Crippen LogP contribution in [0.5, 0.6) is 0 Å². The molecule has 0 saturated carbocycles. The second kappa shape index (κ2) is 5.42. The van der Waals surface area contributed by atoms with E-state index in [0.717, 1.165) is 10.9 Å². The monoisotopic (exact) mass is 296 g/mol. The van der Waals surface area contributed by atoms with E-state index in [1.807, 2.05) is 20.8 Å². The second-order valence-corrected chi connectivity index (χ2v) is 5.92. The van der Waals surface area contributed by atoms with E-state index in [-0.39, 0.29) is 19.1 Å². The Kier molecular flexibility index (Phi) is 4.01. The number of ether oxygens (including phenoxy) is 1. The highest BCUT2D eigenvalue weighted by atomic mass is 35.5. The molecule has 6 heteroatoms. The third-order valence-corrected chi connectivity index (χ3v) is 2.91. The molecule has 0 bridgehead atoms. The van der Waals surface area contributed by atoms with Crippen LogP contribution in [0.2, 0.25) is 5.15 Å². The molecule has 0 amide bonds. The van der Waals surface area contributed by atoms with Crippen molar-refractivity contribution in [2.75, 3.05) is 0 Å². The first kappa shape index (κ1) is 14.8. The molecular weight excluding hydrogens is 280 g/mol. The first-order valence-electron chi connectivity index (χ1n) is 6.26. The number of aromatic nitrogens is 2. The predicted molar refractivity (Wildman–Crippen MR) is 76.5 cm³/mol. The lowest BCUT2D eigenvalue weighted by Gasteiger charge is -2.20. The number of halogens is 1. The number of nitrogens with zero attached hydrogens (tertiary/aromatic N) is 2. The summed E-state index contributed by atoms with van der Waals surface area (Å²) in [5, 5.41) is 10.6. The van der Waals surface area contributed by atoms with Gasteiger partial charge in [0, 0.05) is 17.3 Å². The Balaban J connectivity index is 2.37. The molecule has 2 heterocycles. The fraction of sp³-hybridized carbons (Fsp3) is 0.429.